The predicted octanol–water partition coefficient (Wildman–Crippen LogP) is 2.09. The molecule has 0 saturated heterocycles. The zero-order valence-electron chi connectivity index (χ0n) is 11.4. The molecule has 0 spiro atoms. The van der Waals surface area contributed by atoms with Gasteiger partial charge in [-0.1, -0.05) is 6.92 Å². The molecule has 0 atom stereocenters. The zero-order chi connectivity index (χ0) is 14.2. The Labute approximate surface area is 107 Å². The highest BCUT2D eigenvalue weighted by atomic mass is 17.5. The van der Waals surface area contributed by atoms with Crippen molar-refractivity contribution in [1.29, 1.82) is 0 Å². The van der Waals surface area contributed by atoms with Crippen molar-refractivity contribution in [3.05, 3.63) is 12.2 Å². The maximum atomic E-state index is 11.1. The van der Waals surface area contributed by atoms with Gasteiger partial charge in [-0.3, -0.25) is 4.89 Å². The monoisotopic (exact) mass is 260 g/mol. The van der Waals surface area contributed by atoms with Gasteiger partial charge in [0.05, 0.1) is 6.10 Å². The summed E-state index contributed by atoms with van der Waals surface area (Å²) in [5, 5.41) is 4.31. The van der Waals surface area contributed by atoms with Crippen LogP contribution in [0.3, 0.4) is 0 Å². The molecule has 0 rings (SSSR count). The van der Waals surface area contributed by atoms with Crippen molar-refractivity contribution < 1.29 is 29.1 Å². The van der Waals surface area contributed by atoms with Crippen LogP contribution >= 0.6 is 0 Å². The molecule has 6 heteroatoms. The topological polar surface area (TPSA) is 71.1 Å². The summed E-state index contributed by atoms with van der Waals surface area (Å²) >= 11 is 0. The summed E-state index contributed by atoms with van der Waals surface area (Å²) < 4.78 is 4.77. The molecule has 18 heavy (non-hydrogen) atoms. The first kappa shape index (κ1) is 16.6. The molecule has 0 heterocycles. The van der Waals surface area contributed by atoms with Gasteiger partial charge >= 0.3 is 11.9 Å². The molecular formula is C12H20O6. The molecule has 0 radical (unpaired) electrons. The van der Waals surface area contributed by atoms with Crippen molar-refractivity contribution in [1.82, 2.24) is 0 Å². The average Bonchev–Trinajstić information content (AvgIpc) is 2.25. The van der Waals surface area contributed by atoms with E-state index in [9.17, 15) is 9.59 Å². The van der Waals surface area contributed by atoms with Gasteiger partial charge in [0.1, 0.15) is 5.60 Å². The van der Waals surface area contributed by atoms with Crippen LogP contribution in [0.25, 0.3) is 0 Å². The molecule has 0 aliphatic carbocycles. The highest BCUT2D eigenvalue weighted by molar-refractivity contribution is 5.91. The van der Waals surface area contributed by atoms with Gasteiger partial charge in [0.25, 0.3) is 0 Å². The molecule has 0 bridgehead atoms. The Morgan fingerprint density at radius 3 is 2.22 bits per heavy atom. The van der Waals surface area contributed by atoms with E-state index in [1.165, 1.54) is 0 Å². The van der Waals surface area contributed by atoms with Gasteiger partial charge in [-0.25, -0.2) is 9.59 Å². The Morgan fingerprint density at radius 1 is 1.17 bits per heavy atom. The van der Waals surface area contributed by atoms with E-state index in [0.717, 1.165) is 12.2 Å². The number of ether oxygens (including phenoxy) is 1. The number of carbonyl (C=O) groups excluding carboxylic acids is 2. The molecule has 0 aliphatic rings. The summed E-state index contributed by atoms with van der Waals surface area (Å²) in [6.45, 7) is 8.85. The fraction of sp³-hybridized carbons (Fsp3) is 0.667. The molecule has 0 aromatic carbocycles. The van der Waals surface area contributed by atoms with Gasteiger partial charge in [0.15, 0.2) is 0 Å². The lowest BCUT2D eigenvalue weighted by Crippen LogP contribution is -2.24. The highest BCUT2D eigenvalue weighted by Gasteiger charge is 2.18. The van der Waals surface area contributed by atoms with Gasteiger partial charge in [-0.2, -0.15) is 4.89 Å². The minimum atomic E-state index is -0.859. The first-order chi connectivity index (χ1) is 8.26. The Balaban J connectivity index is 3.91. The number of rotatable bonds is 7. The summed E-state index contributed by atoms with van der Waals surface area (Å²) in [5.41, 5.74) is -0.555. The van der Waals surface area contributed by atoms with E-state index in [0.29, 0.717) is 6.42 Å². The smallest absolute Gasteiger partial charge is 0.369 e. The quantitative estimate of drug-likeness (QED) is 0.302. The number of hydrogen-bond donors (Lipinski definition) is 0. The molecule has 0 aromatic heterocycles. The summed E-state index contributed by atoms with van der Waals surface area (Å²) in [4.78, 5) is 31.2. The maximum Gasteiger partial charge on any atom is 0.369 e. The lowest BCUT2D eigenvalue weighted by atomic mass is 10.1. The van der Waals surface area contributed by atoms with Gasteiger partial charge < -0.3 is 4.74 Å². The molecular weight excluding hydrogens is 240 g/mol. The molecule has 0 aromatic rings. The third-order valence-corrected chi connectivity index (χ3v) is 1.93. The SMILES string of the molecule is CCC(C)(C)OOOC(=O)/C=C/C(=O)OC(C)C. The Hall–Kier alpha value is -1.40. The number of esters is 1. The minimum absolute atomic E-state index is 0.247. The normalized spacial score (nSPS) is 11.9. The van der Waals surface area contributed by atoms with Crippen LogP contribution in [0.15, 0.2) is 12.2 Å². The molecule has 0 N–H and O–H groups in total. The van der Waals surface area contributed by atoms with E-state index in [1.807, 2.05) is 6.92 Å². The lowest BCUT2D eigenvalue weighted by molar-refractivity contribution is -0.515. The molecule has 6 nitrogen and oxygen atoms in total. The molecule has 0 aliphatic heterocycles. The second kappa shape index (κ2) is 7.84. The van der Waals surface area contributed by atoms with Crippen LogP contribution < -0.4 is 0 Å². The van der Waals surface area contributed by atoms with Gasteiger partial charge in [0, 0.05) is 12.2 Å². The fourth-order valence-corrected chi connectivity index (χ4v) is 0.637. The first-order valence-corrected chi connectivity index (χ1v) is 5.72. The largest absolute Gasteiger partial charge is 0.460 e. The van der Waals surface area contributed by atoms with Gasteiger partial charge in [-0.15, -0.1) is 0 Å². The van der Waals surface area contributed by atoms with Crippen LogP contribution in [0.5, 0.6) is 0 Å². The van der Waals surface area contributed by atoms with E-state index in [4.69, 9.17) is 9.62 Å². The number of carbonyl (C=O) groups is 2. The summed E-state index contributed by atoms with van der Waals surface area (Å²) in [6.07, 6.45) is 2.29. The third-order valence-electron chi connectivity index (χ3n) is 1.93. The summed E-state index contributed by atoms with van der Waals surface area (Å²) in [7, 11) is 0. The van der Waals surface area contributed by atoms with Crippen LogP contribution in [-0.2, 0) is 29.1 Å². The molecule has 0 fully saturated rings. The fourth-order valence-electron chi connectivity index (χ4n) is 0.637. The van der Waals surface area contributed by atoms with Crippen LogP contribution in [0.4, 0.5) is 0 Å². The third kappa shape index (κ3) is 8.72. The molecule has 0 unspecified atom stereocenters. The predicted molar refractivity (Wildman–Crippen MR) is 63.0 cm³/mol. The van der Waals surface area contributed by atoms with Crippen LogP contribution in [0.2, 0.25) is 0 Å². The minimum Gasteiger partial charge on any atom is -0.460 e. The van der Waals surface area contributed by atoms with Crippen molar-refractivity contribution in [3.63, 3.8) is 0 Å². The van der Waals surface area contributed by atoms with Crippen molar-refractivity contribution in [2.24, 2.45) is 0 Å². The van der Waals surface area contributed by atoms with E-state index >= 15 is 0 Å². The second-order valence-corrected chi connectivity index (χ2v) is 4.49. The summed E-state index contributed by atoms with van der Waals surface area (Å²) in [5.74, 6) is -1.49. The first-order valence-electron chi connectivity index (χ1n) is 5.72. The standard InChI is InChI=1S/C12H20O6/c1-6-12(4,5)17-18-16-11(14)8-7-10(13)15-9(2)3/h7-9H,6H2,1-5H3/b8-7+. The molecule has 104 valence electrons. The van der Waals surface area contributed by atoms with E-state index < -0.39 is 17.5 Å². The lowest BCUT2D eigenvalue weighted by Gasteiger charge is -2.19. The van der Waals surface area contributed by atoms with Crippen LogP contribution in [0, 0.1) is 0 Å². The van der Waals surface area contributed by atoms with Crippen molar-refractivity contribution in [2.45, 2.75) is 52.7 Å². The van der Waals surface area contributed by atoms with Gasteiger partial charge in [0.2, 0.25) is 0 Å². The maximum absolute atomic E-state index is 11.1. The highest BCUT2D eigenvalue weighted by Crippen LogP contribution is 2.13. The van der Waals surface area contributed by atoms with Crippen LogP contribution in [-0.4, -0.2) is 23.6 Å². The van der Waals surface area contributed by atoms with Crippen molar-refractivity contribution in [2.75, 3.05) is 0 Å². The van der Waals surface area contributed by atoms with E-state index in [2.05, 4.69) is 9.93 Å². The van der Waals surface area contributed by atoms with Crippen molar-refractivity contribution in [3.8, 4) is 0 Å². The summed E-state index contributed by atoms with van der Waals surface area (Å²) in [6, 6.07) is 0. The zero-order valence-corrected chi connectivity index (χ0v) is 11.4. The molecule has 0 saturated carbocycles. The Morgan fingerprint density at radius 2 is 1.72 bits per heavy atom. The van der Waals surface area contributed by atoms with Crippen molar-refractivity contribution >= 4 is 11.9 Å². The van der Waals surface area contributed by atoms with E-state index in [1.54, 1.807) is 27.7 Å². The Kier molecular flexibility index (Phi) is 7.23. The van der Waals surface area contributed by atoms with E-state index in [-0.39, 0.29) is 6.10 Å². The molecule has 0 amide bonds. The number of hydrogen-bond acceptors (Lipinski definition) is 6. The van der Waals surface area contributed by atoms with Gasteiger partial charge in [-0.05, 0) is 39.2 Å². The Bertz CT molecular complexity index is 306. The average molecular weight is 260 g/mol. The second-order valence-electron chi connectivity index (χ2n) is 4.49. The van der Waals surface area contributed by atoms with Crippen LogP contribution in [0.1, 0.15) is 41.0 Å².